The second-order valence-corrected chi connectivity index (χ2v) is 11.1. The van der Waals surface area contributed by atoms with Crippen molar-refractivity contribution in [2.24, 2.45) is 0 Å². The number of hydrogen-bond donors (Lipinski definition) is 0. The van der Waals surface area contributed by atoms with Crippen LogP contribution in [0.1, 0.15) is 10.4 Å². The van der Waals surface area contributed by atoms with Gasteiger partial charge in [-0.15, -0.1) is 11.3 Å². The Morgan fingerprint density at radius 3 is 2.61 bits per heavy atom. The average Bonchev–Trinajstić information content (AvgIpc) is 2.93. The Bertz CT molecular complexity index is 964. The van der Waals surface area contributed by atoms with Crippen molar-refractivity contribution in [2.45, 2.75) is 22.8 Å². The topological polar surface area (TPSA) is 71.5 Å². The van der Waals surface area contributed by atoms with Gasteiger partial charge in [-0.05, 0) is 57.6 Å². The molecule has 1 aromatic heterocycles. The third-order valence-electron chi connectivity index (χ3n) is 3.72. The Morgan fingerprint density at radius 1 is 1.17 bits per heavy atom. The quantitative estimate of drug-likeness (QED) is 0.742. The number of thiophene rings is 1. The molecule has 0 aliphatic carbocycles. The van der Waals surface area contributed by atoms with Gasteiger partial charge in [-0.3, -0.25) is 0 Å². The predicted molar refractivity (Wildman–Crippen MR) is 92.9 cm³/mol. The van der Waals surface area contributed by atoms with Gasteiger partial charge in [0.1, 0.15) is 0 Å². The minimum atomic E-state index is -3.77. The Labute approximate surface area is 148 Å². The first-order valence-electron chi connectivity index (χ1n) is 6.74. The molecular weight excluding hydrogens is 422 g/mol. The molecule has 0 N–H and O–H groups in total. The van der Waals surface area contributed by atoms with E-state index in [1.165, 1.54) is 27.4 Å². The number of fused-ring (bicyclic) bond motifs is 1. The van der Waals surface area contributed by atoms with Crippen LogP contribution in [-0.4, -0.2) is 33.9 Å². The monoisotopic (exact) mass is 435 g/mol. The van der Waals surface area contributed by atoms with Gasteiger partial charge in [0.15, 0.2) is 9.84 Å². The summed E-state index contributed by atoms with van der Waals surface area (Å²) in [6.45, 7) is 0.710. The molecule has 5 nitrogen and oxygen atoms in total. The number of sulfonamides is 1. The Hall–Kier alpha value is -0.740. The average molecular weight is 436 g/mol. The van der Waals surface area contributed by atoms with Crippen LogP contribution >= 0.6 is 27.3 Å². The molecule has 0 unspecified atom stereocenters. The Kier molecular flexibility index (Phi) is 4.43. The lowest BCUT2D eigenvalue weighted by atomic mass is 10.1. The first-order valence-corrected chi connectivity index (χ1v) is 11.7. The second-order valence-electron chi connectivity index (χ2n) is 5.32. The van der Waals surface area contributed by atoms with E-state index in [1.54, 1.807) is 11.3 Å². The summed E-state index contributed by atoms with van der Waals surface area (Å²) in [7, 11) is -7.24. The highest BCUT2D eigenvalue weighted by atomic mass is 79.9. The summed E-state index contributed by atoms with van der Waals surface area (Å²) in [5.74, 6) is 0. The molecule has 0 saturated heterocycles. The standard InChI is InChI=1S/C14H14BrNO4S3/c1-22(17,18)11-2-3-12(15)14(8-11)23(19,20)16-6-4-13-10(9-16)5-7-21-13/h2-3,5,7-8H,4,6,9H2,1H3. The Balaban J connectivity index is 2.04. The van der Waals surface area contributed by atoms with E-state index >= 15 is 0 Å². The van der Waals surface area contributed by atoms with Gasteiger partial charge < -0.3 is 0 Å². The van der Waals surface area contributed by atoms with E-state index in [-0.39, 0.29) is 9.79 Å². The number of benzene rings is 1. The van der Waals surface area contributed by atoms with Gasteiger partial charge in [-0.25, -0.2) is 16.8 Å². The van der Waals surface area contributed by atoms with Crippen molar-refractivity contribution in [1.82, 2.24) is 4.31 Å². The van der Waals surface area contributed by atoms with E-state index in [2.05, 4.69) is 15.9 Å². The van der Waals surface area contributed by atoms with Crippen molar-refractivity contribution in [3.05, 3.63) is 44.6 Å². The van der Waals surface area contributed by atoms with Gasteiger partial charge in [0.2, 0.25) is 10.0 Å². The number of nitrogens with zero attached hydrogens (tertiary/aromatic N) is 1. The smallest absolute Gasteiger partial charge is 0.224 e. The fraction of sp³-hybridized carbons (Fsp3) is 0.286. The fourth-order valence-corrected chi connectivity index (χ4v) is 6.46. The zero-order valence-corrected chi connectivity index (χ0v) is 16.2. The zero-order chi connectivity index (χ0) is 16.8. The Morgan fingerprint density at radius 2 is 1.91 bits per heavy atom. The molecular formula is C14H14BrNO4S3. The van der Waals surface area contributed by atoms with Crippen LogP contribution in [0.5, 0.6) is 0 Å². The molecule has 124 valence electrons. The lowest BCUT2D eigenvalue weighted by Gasteiger charge is -2.26. The highest BCUT2D eigenvalue weighted by Crippen LogP contribution is 2.32. The summed E-state index contributed by atoms with van der Waals surface area (Å²) >= 11 is 4.86. The molecule has 0 amide bonds. The number of sulfone groups is 1. The summed E-state index contributed by atoms with van der Waals surface area (Å²) < 4.78 is 51.0. The first kappa shape index (κ1) is 17.1. The third kappa shape index (κ3) is 3.25. The molecule has 23 heavy (non-hydrogen) atoms. The van der Waals surface area contributed by atoms with E-state index in [9.17, 15) is 16.8 Å². The van der Waals surface area contributed by atoms with Crippen LogP contribution in [0.4, 0.5) is 0 Å². The van der Waals surface area contributed by atoms with Crippen LogP contribution in [-0.2, 0) is 32.8 Å². The van der Waals surface area contributed by atoms with Crippen molar-refractivity contribution in [3.63, 3.8) is 0 Å². The summed E-state index contributed by atoms with van der Waals surface area (Å²) in [5.41, 5.74) is 1.01. The van der Waals surface area contributed by atoms with Crippen molar-refractivity contribution < 1.29 is 16.8 Å². The number of halogens is 1. The minimum absolute atomic E-state index is 0.00694. The second kappa shape index (κ2) is 5.96. The van der Waals surface area contributed by atoms with Crippen LogP contribution in [0.15, 0.2) is 43.9 Å². The molecule has 0 spiro atoms. The van der Waals surface area contributed by atoms with E-state index in [1.807, 2.05) is 11.4 Å². The molecule has 0 saturated carbocycles. The maximum atomic E-state index is 12.9. The van der Waals surface area contributed by atoms with Crippen LogP contribution < -0.4 is 0 Å². The molecule has 0 fully saturated rings. The van der Waals surface area contributed by atoms with E-state index < -0.39 is 19.9 Å². The molecule has 3 rings (SSSR count). The number of rotatable bonds is 3. The van der Waals surface area contributed by atoms with Gasteiger partial charge in [-0.1, -0.05) is 0 Å². The first-order chi connectivity index (χ1) is 10.7. The van der Waals surface area contributed by atoms with E-state index in [0.717, 1.165) is 11.8 Å². The summed E-state index contributed by atoms with van der Waals surface area (Å²) in [6, 6.07) is 6.01. The van der Waals surface area contributed by atoms with Crippen LogP contribution in [0, 0.1) is 0 Å². The predicted octanol–water partition coefficient (Wildman–Crippen LogP) is 2.66. The normalized spacial score (nSPS) is 16.3. The van der Waals surface area contributed by atoms with Gasteiger partial charge in [0.25, 0.3) is 0 Å². The molecule has 2 aromatic rings. The summed E-state index contributed by atoms with van der Waals surface area (Å²) in [4.78, 5) is 1.19. The van der Waals surface area contributed by atoms with Crippen LogP contribution in [0.25, 0.3) is 0 Å². The van der Waals surface area contributed by atoms with Gasteiger partial charge in [0, 0.05) is 28.7 Å². The third-order valence-corrected chi connectivity index (χ3v) is 8.69. The lowest BCUT2D eigenvalue weighted by molar-refractivity contribution is 0.394. The van der Waals surface area contributed by atoms with Crippen LogP contribution in [0.3, 0.4) is 0 Å². The van der Waals surface area contributed by atoms with E-state index in [0.29, 0.717) is 24.0 Å². The molecule has 1 aromatic carbocycles. The summed E-state index contributed by atoms with van der Waals surface area (Å²) in [5, 5.41) is 1.96. The van der Waals surface area contributed by atoms with Gasteiger partial charge in [-0.2, -0.15) is 4.31 Å². The molecule has 9 heteroatoms. The largest absolute Gasteiger partial charge is 0.244 e. The number of hydrogen-bond acceptors (Lipinski definition) is 5. The van der Waals surface area contributed by atoms with Gasteiger partial charge >= 0.3 is 0 Å². The zero-order valence-electron chi connectivity index (χ0n) is 12.2. The molecule has 0 bridgehead atoms. The molecule has 0 atom stereocenters. The fourth-order valence-electron chi connectivity index (χ4n) is 2.48. The summed E-state index contributed by atoms with van der Waals surface area (Å²) in [6.07, 6.45) is 1.74. The molecule has 1 aliphatic heterocycles. The van der Waals surface area contributed by atoms with Crippen molar-refractivity contribution in [2.75, 3.05) is 12.8 Å². The minimum Gasteiger partial charge on any atom is -0.224 e. The lowest BCUT2D eigenvalue weighted by Crippen LogP contribution is -2.35. The SMILES string of the molecule is CS(=O)(=O)c1ccc(Br)c(S(=O)(=O)N2CCc3sccc3C2)c1. The van der Waals surface area contributed by atoms with Crippen molar-refractivity contribution in [1.29, 1.82) is 0 Å². The van der Waals surface area contributed by atoms with E-state index in [4.69, 9.17) is 0 Å². The highest BCUT2D eigenvalue weighted by molar-refractivity contribution is 9.10. The van der Waals surface area contributed by atoms with Crippen molar-refractivity contribution >= 4 is 47.1 Å². The maximum absolute atomic E-state index is 12.9. The van der Waals surface area contributed by atoms with Crippen molar-refractivity contribution in [3.8, 4) is 0 Å². The molecule has 0 radical (unpaired) electrons. The highest BCUT2D eigenvalue weighted by Gasteiger charge is 2.31. The molecule has 1 aliphatic rings. The molecule has 2 heterocycles. The van der Waals surface area contributed by atoms with Crippen LogP contribution in [0.2, 0.25) is 0 Å². The maximum Gasteiger partial charge on any atom is 0.244 e. The van der Waals surface area contributed by atoms with Gasteiger partial charge in [0.05, 0.1) is 9.79 Å².